The molecule has 0 saturated heterocycles. The molecule has 8 heteroatoms. The molecule has 6 nitrogen and oxygen atoms in total. The maximum absolute atomic E-state index is 14.1. The number of nitrogens with zero attached hydrogens (tertiary/aromatic N) is 1. The number of aliphatic hydroxyl groups excluding tert-OH is 1. The molecule has 2 aromatic carbocycles. The number of nitro groups is 1. The average molecular weight is 349 g/mol. The second-order valence-corrected chi connectivity index (χ2v) is 6.19. The van der Waals surface area contributed by atoms with E-state index in [0.29, 0.717) is 17.7 Å². The SMILES string of the molecule is CC1(C)OC(=O)c2cc(C(O)c3c(F)cc([N+](=O)[O-])cc3F)ccc21. The average Bonchev–Trinajstić information content (AvgIpc) is 2.75. The van der Waals surface area contributed by atoms with Gasteiger partial charge in [-0.3, -0.25) is 10.1 Å². The third kappa shape index (κ3) is 2.74. The molecule has 1 aliphatic heterocycles. The molecule has 0 saturated carbocycles. The Morgan fingerprint density at radius 1 is 1.20 bits per heavy atom. The van der Waals surface area contributed by atoms with Crippen LogP contribution in [-0.2, 0) is 10.3 Å². The number of carbonyl (C=O) groups is 1. The van der Waals surface area contributed by atoms with Gasteiger partial charge < -0.3 is 9.84 Å². The number of aliphatic hydroxyl groups is 1. The molecule has 0 aromatic heterocycles. The van der Waals surface area contributed by atoms with Crippen LogP contribution in [0.4, 0.5) is 14.5 Å². The Balaban J connectivity index is 2.06. The highest BCUT2D eigenvalue weighted by Crippen LogP contribution is 2.38. The summed E-state index contributed by atoms with van der Waals surface area (Å²) in [7, 11) is 0. The van der Waals surface area contributed by atoms with Crippen LogP contribution in [0.1, 0.15) is 47.0 Å². The van der Waals surface area contributed by atoms with E-state index in [-0.39, 0.29) is 11.1 Å². The van der Waals surface area contributed by atoms with Crippen LogP contribution in [0.5, 0.6) is 0 Å². The molecule has 130 valence electrons. The number of benzene rings is 2. The number of carbonyl (C=O) groups excluding carboxylic acids is 1. The zero-order valence-electron chi connectivity index (χ0n) is 13.2. The molecular formula is C17H13F2NO5. The molecule has 3 rings (SSSR count). The molecular weight excluding hydrogens is 336 g/mol. The summed E-state index contributed by atoms with van der Waals surface area (Å²) >= 11 is 0. The summed E-state index contributed by atoms with van der Waals surface area (Å²) in [6, 6.07) is 5.34. The van der Waals surface area contributed by atoms with Crippen LogP contribution in [-0.4, -0.2) is 16.0 Å². The highest BCUT2D eigenvalue weighted by atomic mass is 19.1. The molecule has 2 aromatic rings. The van der Waals surface area contributed by atoms with Crippen LogP contribution in [0.25, 0.3) is 0 Å². The molecule has 0 fully saturated rings. The quantitative estimate of drug-likeness (QED) is 0.521. The number of cyclic esters (lactones) is 1. The van der Waals surface area contributed by atoms with Gasteiger partial charge in [0.2, 0.25) is 0 Å². The molecule has 0 spiro atoms. The topological polar surface area (TPSA) is 89.7 Å². The lowest BCUT2D eigenvalue weighted by molar-refractivity contribution is -0.385. The number of hydrogen-bond donors (Lipinski definition) is 1. The van der Waals surface area contributed by atoms with E-state index >= 15 is 0 Å². The van der Waals surface area contributed by atoms with Gasteiger partial charge in [-0.1, -0.05) is 12.1 Å². The van der Waals surface area contributed by atoms with Crippen LogP contribution in [0.15, 0.2) is 30.3 Å². The predicted molar refractivity (Wildman–Crippen MR) is 82.0 cm³/mol. The van der Waals surface area contributed by atoms with E-state index in [1.54, 1.807) is 19.9 Å². The minimum Gasteiger partial charge on any atom is -0.451 e. The van der Waals surface area contributed by atoms with Gasteiger partial charge in [-0.15, -0.1) is 0 Å². The molecule has 0 amide bonds. The fraction of sp³-hybridized carbons (Fsp3) is 0.235. The smallest absolute Gasteiger partial charge is 0.339 e. The highest BCUT2D eigenvalue weighted by molar-refractivity contribution is 5.94. The molecule has 0 bridgehead atoms. The van der Waals surface area contributed by atoms with Gasteiger partial charge in [-0.05, 0) is 25.5 Å². The third-order valence-corrected chi connectivity index (χ3v) is 4.12. The summed E-state index contributed by atoms with van der Waals surface area (Å²) < 4.78 is 33.4. The zero-order valence-corrected chi connectivity index (χ0v) is 13.2. The zero-order chi connectivity index (χ0) is 18.5. The van der Waals surface area contributed by atoms with E-state index in [9.17, 15) is 28.8 Å². The fourth-order valence-corrected chi connectivity index (χ4v) is 2.87. The van der Waals surface area contributed by atoms with E-state index < -0.39 is 45.5 Å². The molecule has 1 unspecified atom stereocenters. The minimum atomic E-state index is -1.73. The Kier molecular flexibility index (Phi) is 3.80. The number of ether oxygens (including phenoxy) is 1. The van der Waals surface area contributed by atoms with Crippen LogP contribution >= 0.6 is 0 Å². The third-order valence-electron chi connectivity index (χ3n) is 4.12. The van der Waals surface area contributed by atoms with Crippen molar-refractivity contribution in [3.63, 3.8) is 0 Å². The van der Waals surface area contributed by atoms with Crippen LogP contribution in [0.2, 0.25) is 0 Å². The Morgan fingerprint density at radius 2 is 1.80 bits per heavy atom. The van der Waals surface area contributed by atoms with E-state index in [1.165, 1.54) is 12.1 Å². The minimum absolute atomic E-state index is 0.0695. The Hall–Kier alpha value is -2.87. The van der Waals surface area contributed by atoms with E-state index in [2.05, 4.69) is 0 Å². The fourth-order valence-electron chi connectivity index (χ4n) is 2.87. The van der Waals surface area contributed by atoms with Crippen molar-refractivity contribution in [1.29, 1.82) is 0 Å². The number of esters is 1. The van der Waals surface area contributed by atoms with Gasteiger partial charge in [0.25, 0.3) is 5.69 Å². The molecule has 1 atom stereocenters. The molecule has 1 heterocycles. The van der Waals surface area contributed by atoms with Crippen molar-refractivity contribution in [3.8, 4) is 0 Å². The second kappa shape index (κ2) is 5.59. The van der Waals surface area contributed by atoms with Crippen LogP contribution < -0.4 is 0 Å². The van der Waals surface area contributed by atoms with Crippen molar-refractivity contribution in [3.05, 3.63) is 74.3 Å². The summed E-state index contributed by atoms with van der Waals surface area (Å²) in [6.07, 6.45) is -1.73. The van der Waals surface area contributed by atoms with Gasteiger partial charge in [0.15, 0.2) is 0 Å². The van der Waals surface area contributed by atoms with Crippen molar-refractivity contribution in [2.75, 3.05) is 0 Å². The molecule has 0 aliphatic carbocycles. The van der Waals surface area contributed by atoms with Crippen molar-refractivity contribution in [1.82, 2.24) is 0 Å². The monoisotopic (exact) mass is 349 g/mol. The summed E-state index contributed by atoms with van der Waals surface area (Å²) in [4.78, 5) is 21.6. The maximum Gasteiger partial charge on any atom is 0.339 e. The maximum atomic E-state index is 14.1. The van der Waals surface area contributed by atoms with Crippen molar-refractivity contribution >= 4 is 11.7 Å². The van der Waals surface area contributed by atoms with Gasteiger partial charge in [-0.2, -0.15) is 0 Å². The molecule has 25 heavy (non-hydrogen) atoms. The number of fused-ring (bicyclic) bond motifs is 1. The Bertz CT molecular complexity index is 887. The summed E-state index contributed by atoms with van der Waals surface area (Å²) in [5, 5.41) is 21.0. The lowest BCUT2D eigenvalue weighted by Gasteiger charge is -2.18. The van der Waals surface area contributed by atoms with Crippen LogP contribution in [0, 0.1) is 21.7 Å². The Morgan fingerprint density at radius 3 is 2.36 bits per heavy atom. The first-order chi connectivity index (χ1) is 11.6. The van der Waals surface area contributed by atoms with Gasteiger partial charge in [0, 0.05) is 5.56 Å². The van der Waals surface area contributed by atoms with Crippen LogP contribution in [0.3, 0.4) is 0 Å². The highest BCUT2D eigenvalue weighted by Gasteiger charge is 2.38. The summed E-state index contributed by atoms with van der Waals surface area (Å²) in [5.41, 5.74) is -1.46. The molecule has 1 aliphatic rings. The summed E-state index contributed by atoms with van der Waals surface area (Å²) in [5.74, 6) is -3.09. The largest absolute Gasteiger partial charge is 0.451 e. The lowest BCUT2D eigenvalue weighted by Crippen LogP contribution is -2.16. The first-order valence-corrected chi connectivity index (χ1v) is 7.31. The molecule has 0 radical (unpaired) electrons. The van der Waals surface area contributed by atoms with Crippen molar-refractivity contribution < 1.29 is 28.3 Å². The standard InChI is InChI=1S/C17H13F2NO5/c1-17(2)11-4-3-8(5-10(11)16(22)25-17)15(21)14-12(18)6-9(20(23)24)7-13(14)19/h3-7,15,21H,1-2H3. The van der Waals surface area contributed by atoms with Gasteiger partial charge >= 0.3 is 5.97 Å². The van der Waals surface area contributed by atoms with Gasteiger partial charge in [0.05, 0.1) is 28.2 Å². The number of hydrogen-bond acceptors (Lipinski definition) is 5. The number of rotatable bonds is 3. The first kappa shape index (κ1) is 17.0. The number of halogens is 2. The van der Waals surface area contributed by atoms with E-state index in [0.717, 1.165) is 0 Å². The van der Waals surface area contributed by atoms with E-state index in [1.807, 2.05) is 0 Å². The van der Waals surface area contributed by atoms with Crippen molar-refractivity contribution in [2.45, 2.75) is 25.6 Å². The second-order valence-electron chi connectivity index (χ2n) is 6.19. The summed E-state index contributed by atoms with van der Waals surface area (Å²) in [6.45, 7) is 3.39. The first-order valence-electron chi connectivity index (χ1n) is 7.31. The number of non-ortho nitro benzene ring substituents is 1. The normalized spacial score (nSPS) is 16.3. The van der Waals surface area contributed by atoms with Crippen molar-refractivity contribution in [2.24, 2.45) is 0 Å². The Labute approximate surface area is 140 Å². The number of nitro benzene ring substituents is 1. The van der Waals surface area contributed by atoms with Gasteiger partial charge in [0.1, 0.15) is 23.3 Å². The van der Waals surface area contributed by atoms with E-state index in [4.69, 9.17) is 4.74 Å². The molecule has 1 N–H and O–H groups in total. The lowest BCUT2D eigenvalue weighted by atomic mass is 9.91. The predicted octanol–water partition coefficient (Wildman–Crippen LogP) is 3.36. The van der Waals surface area contributed by atoms with Gasteiger partial charge in [-0.25, -0.2) is 13.6 Å².